The van der Waals surface area contributed by atoms with Crippen molar-refractivity contribution in [3.8, 4) is 11.5 Å². The zero-order chi connectivity index (χ0) is 15.9. The molecule has 116 valence electrons. The SMILES string of the molecule is COc1cc(C)c(NC(=S)NCc2ccccc2)cc1OC. The Bertz CT molecular complexity index is 645. The maximum atomic E-state index is 5.34. The molecule has 2 rings (SSSR count). The Morgan fingerprint density at radius 3 is 2.32 bits per heavy atom. The number of methoxy groups -OCH3 is 2. The van der Waals surface area contributed by atoms with Crippen LogP contribution < -0.4 is 20.1 Å². The normalized spacial score (nSPS) is 9.95. The summed E-state index contributed by atoms with van der Waals surface area (Å²) in [6, 6.07) is 13.9. The second-order valence-corrected chi connectivity index (χ2v) is 5.22. The van der Waals surface area contributed by atoms with Crippen LogP contribution in [0.3, 0.4) is 0 Å². The predicted molar refractivity (Wildman–Crippen MR) is 93.8 cm³/mol. The van der Waals surface area contributed by atoms with E-state index in [2.05, 4.69) is 22.8 Å². The van der Waals surface area contributed by atoms with Crippen LogP contribution in [0.4, 0.5) is 5.69 Å². The molecule has 0 aliphatic heterocycles. The molecule has 0 saturated heterocycles. The van der Waals surface area contributed by atoms with Gasteiger partial charge < -0.3 is 20.1 Å². The van der Waals surface area contributed by atoms with Gasteiger partial charge in [-0.15, -0.1) is 0 Å². The second kappa shape index (κ2) is 7.66. The third-order valence-electron chi connectivity index (χ3n) is 3.27. The number of nitrogens with one attached hydrogen (secondary N) is 2. The van der Waals surface area contributed by atoms with Crippen LogP contribution in [0.25, 0.3) is 0 Å². The van der Waals surface area contributed by atoms with Crippen LogP contribution in [0.5, 0.6) is 11.5 Å². The fourth-order valence-corrected chi connectivity index (χ4v) is 2.24. The Morgan fingerprint density at radius 2 is 1.68 bits per heavy atom. The first-order chi connectivity index (χ1) is 10.6. The average Bonchev–Trinajstić information content (AvgIpc) is 2.55. The first kappa shape index (κ1) is 16.1. The Morgan fingerprint density at radius 1 is 1.05 bits per heavy atom. The highest BCUT2D eigenvalue weighted by atomic mass is 32.1. The standard InChI is InChI=1S/C17H20N2O2S/c1-12-9-15(20-2)16(21-3)10-14(12)19-17(22)18-11-13-7-5-4-6-8-13/h4-10H,11H2,1-3H3,(H2,18,19,22). The van der Waals surface area contributed by atoms with Crippen molar-refractivity contribution in [2.75, 3.05) is 19.5 Å². The molecule has 2 aromatic rings. The van der Waals surface area contributed by atoms with Crippen molar-refractivity contribution in [1.29, 1.82) is 0 Å². The number of hydrogen-bond acceptors (Lipinski definition) is 3. The highest BCUT2D eigenvalue weighted by Crippen LogP contribution is 2.32. The molecule has 5 heteroatoms. The summed E-state index contributed by atoms with van der Waals surface area (Å²) in [5.74, 6) is 1.37. The van der Waals surface area contributed by atoms with Crippen molar-refractivity contribution < 1.29 is 9.47 Å². The Balaban J connectivity index is 2.02. The van der Waals surface area contributed by atoms with Crippen molar-refractivity contribution in [3.05, 3.63) is 53.6 Å². The smallest absolute Gasteiger partial charge is 0.171 e. The molecule has 22 heavy (non-hydrogen) atoms. The summed E-state index contributed by atoms with van der Waals surface area (Å²) in [6.45, 7) is 2.67. The summed E-state index contributed by atoms with van der Waals surface area (Å²) in [5.41, 5.74) is 3.10. The van der Waals surface area contributed by atoms with Gasteiger partial charge in [0.1, 0.15) is 0 Å². The van der Waals surface area contributed by atoms with Gasteiger partial charge in [-0.25, -0.2) is 0 Å². The van der Waals surface area contributed by atoms with Gasteiger partial charge in [-0.1, -0.05) is 30.3 Å². The van der Waals surface area contributed by atoms with Gasteiger partial charge in [-0.3, -0.25) is 0 Å². The lowest BCUT2D eigenvalue weighted by Crippen LogP contribution is -2.28. The van der Waals surface area contributed by atoms with Gasteiger partial charge in [0, 0.05) is 18.3 Å². The van der Waals surface area contributed by atoms with E-state index in [4.69, 9.17) is 21.7 Å². The van der Waals surface area contributed by atoms with Crippen LogP contribution in [-0.4, -0.2) is 19.3 Å². The molecule has 2 aromatic carbocycles. The molecular formula is C17H20N2O2S. The summed E-state index contributed by atoms with van der Waals surface area (Å²) in [6.07, 6.45) is 0. The van der Waals surface area contributed by atoms with E-state index in [1.807, 2.05) is 37.3 Å². The van der Waals surface area contributed by atoms with Crippen LogP contribution in [0.2, 0.25) is 0 Å². The van der Waals surface area contributed by atoms with E-state index in [9.17, 15) is 0 Å². The van der Waals surface area contributed by atoms with E-state index in [-0.39, 0.29) is 0 Å². The highest BCUT2D eigenvalue weighted by Gasteiger charge is 2.09. The molecule has 0 aliphatic rings. The molecule has 0 amide bonds. The van der Waals surface area contributed by atoms with Gasteiger partial charge in [0.15, 0.2) is 16.6 Å². The van der Waals surface area contributed by atoms with Gasteiger partial charge in [0.05, 0.1) is 14.2 Å². The van der Waals surface area contributed by atoms with E-state index in [1.54, 1.807) is 14.2 Å². The number of hydrogen-bond donors (Lipinski definition) is 2. The molecule has 0 aliphatic carbocycles. The number of benzene rings is 2. The molecule has 0 fully saturated rings. The first-order valence-electron chi connectivity index (χ1n) is 6.95. The maximum absolute atomic E-state index is 5.34. The highest BCUT2D eigenvalue weighted by molar-refractivity contribution is 7.80. The van der Waals surface area contributed by atoms with E-state index in [1.165, 1.54) is 5.56 Å². The molecule has 4 nitrogen and oxygen atoms in total. The zero-order valence-corrected chi connectivity index (χ0v) is 13.8. The number of rotatable bonds is 5. The Hall–Kier alpha value is -2.27. The van der Waals surface area contributed by atoms with Crippen molar-refractivity contribution >= 4 is 23.0 Å². The third-order valence-corrected chi connectivity index (χ3v) is 3.52. The minimum atomic E-state index is 0.569. The molecule has 0 radical (unpaired) electrons. The predicted octanol–water partition coefficient (Wildman–Crippen LogP) is 3.50. The number of aryl methyl sites for hydroxylation is 1. The lowest BCUT2D eigenvalue weighted by Gasteiger charge is -2.15. The maximum Gasteiger partial charge on any atom is 0.171 e. The van der Waals surface area contributed by atoms with Gasteiger partial charge in [-0.05, 0) is 36.3 Å². The topological polar surface area (TPSA) is 42.5 Å². The zero-order valence-electron chi connectivity index (χ0n) is 13.0. The third kappa shape index (κ3) is 4.11. The van der Waals surface area contributed by atoms with E-state index >= 15 is 0 Å². The van der Waals surface area contributed by atoms with Crippen LogP contribution >= 0.6 is 12.2 Å². The Labute approximate surface area is 136 Å². The fourth-order valence-electron chi connectivity index (χ4n) is 2.06. The quantitative estimate of drug-likeness (QED) is 0.827. The number of thiocarbonyl (C=S) groups is 1. The van der Waals surface area contributed by atoms with Gasteiger partial charge in [-0.2, -0.15) is 0 Å². The summed E-state index contributed by atoms with van der Waals surface area (Å²) < 4.78 is 10.6. The minimum Gasteiger partial charge on any atom is -0.493 e. The van der Waals surface area contributed by atoms with Crippen LogP contribution in [0, 0.1) is 6.92 Å². The van der Waals surface area contributed by atoms with E-state index in [0.717, 1.165) is 11.3 Å². The van der Waals surface area contributed by atoms with Crippen molar-refractivity contribution in [3.63, 3.8) is 0 Å². The van der Waals surface area contributed by atoms with Gasteiger partial charge in [0.25, 0.3) is 0 Å². The van der Waals surface area contributed by atoms with Crippen LogP contribution in [0.1, 0.15) is 11.1 Å². The molecule has 0 bridgehead atoms. The van der Waals surface area contributed by atoms with Gasteiger partial charge >= 0.3 is 0 Å². The second-order valence-electron chi connectivity index (χ2n) is 4.82. The number of ether oxygens (including phenoxy) is 2. The lowest BCUT2D eigenvalue weighted by molar-refractivity contribution is 0.355. The molecule has 0 saturated carbocycles. The summed E-state index contributed by atoms with van der Waals surface area (Å²) in [4.78, 5) is 0. The van der Waals surface area contributed by atoms with E-state index < -0.39 is 0 Å². The van der Waals surface area contributed by atoms with Crippen molar-refractivity contribution in [1.82, 2.24) is 5.32 Å². The molecular weight excluding hydrogens is 296 g/mol. The summed E-state index contributed by atoms with van der Waals surface area (Å²) in [7, 11) is 3.24. The monoisotopic (exact) mass is 316 g/mol. The molecule has 2 N–H and O–H groups in total. The van der Waals surface area contributed by atoms with Crippen LogP contribution in [0.15, 0.2) is 42.5 Å². The van der Waals surface area contributed by atoms with Crippen molar-refractivity contribution in [2.24, 2.45) is 0 Å². The summed E-state index contributed by atoms with van der Waals surface area (Å²) >= 11 is 5.34. The van der Waals surface area contributed by atoms with Gasteiger partial charge in [0.2, 0.25) is 0 Å². The molecule has 0 heterocycles. The largest absolute Gasteiger partial charge is 0.493 e. The number of anilines is 1. The molecule has 0 unspecified atom stereocenters. The minimum absolute atomic E-state index is 0.569. The van der Waals surface area contributed by atoms with Crippen LogP contribution in [-0.2, 0) is 6.54 Å². The fraction of sp³-hybridized carbons (Fsp3) is 0.235. The summed E-state index contributed by atoms with van der Waals surface area (Å²) in [5, 5.41) is 6.95. The molecule has 0 spiro atoms. The Kier molecular flexibility index (Phi) is 5.61. The van der Waals surface area contributed by atoms with E-state index in [0.29, 0.717) is 23.2 Å². The van der Waals surface area contributed by atoms with Crippen molar-refractivity contribution in [2.45, 2.75) is 13.5 Å². The molecule has 0 aromatic heterocycles. The first-order valence-corrected chi connectivity index (χ1v) is 7.36. The molecule has 0 atom stereocenters. The lowest BCUT2D eigenvalue weighted by atomic mass is 10.1. The average molecular weight is 316 g/mol.